The largest absolute Gasteiger partial charge is 0.382 e. The van der Waals surface area contributed by atoms with Gasteiger partial charge in [-0.1, -0.05) is 38.9 Å². The van der Waals surface area contributed by atoms with Crippen LogP contribution < -0.4 is 16.4 Å². The van der Waals surface area contributed by atoms with E-state index in [1.807, 2.05) is 6.92 Å². The second kappa shape index (κ2) is 6.43. The number of halogens is 2. The molecule has 0 aliphatic rings. The maximum Gasteiger partial charge on any atom is 0.269 e. The summed E-state index contributed by atoms with van der Waals surface area (Å²) >= 11 is 10.6. The molecule has 106 valence electrons. The summed E-state index contributed by atoms with van der Waals surface area (Å²) in [6, 6.07) is 5.21. The monoisotopic (exact) mass is 374 g/mol. The standard InChI is InChI=1S/C12H12BrClN4OS/c1-2-16-12-18-10(15)9(20-12)11(19)17-8-4-3-6(13)5-7(8)14/h3-5H,2,15H2,1H3,(H,16,18)(H,17,19). The number of nitrogens with two attached hydrogens (primary N) is 1. The first kappa shape index (κ1) is 15.1. The van der Waals surface area contributed by atoms with Crippen molar-refractivity contribution in [3.8, 4) is 0 Å². The lowest BCUT2D eigenvalue weighted by atomic mass is 10.3. The number of carbonyl (C=O) groups is 1. The zero-order valence-electron chi connectivity index (χ0n) is 10.5. The number of benzene rings is 1. The normalized spacial score (nSPS) is 10.3. The molecule has 20 heavy (non-hydrogen) atoms. The average molecular weight is 376 g/mol. The second-order valence-corrected chi connectivity index (χ2v) is 6.16. The first-order valence-electron chi connectivity index (χ1n) is 5.77. The number of hydrogen-bond acceptors (Lipinski definition) is 5. The van der Waals surface area contributed by atoms with Crippen molar-refractivity contribution in [2.24, 2.45) is 0 Å². The number of carbonyl (C=O) groups excluding carboxylic acids is 1. The van der Waals surface area contributed by atoms with Crippen LogP contribution in [0.15, 0.2) is 22.7 Å². The Bertz CT molecular complexity index is 646. The van der Waals surface area contributed by atoms with Gasteiger partial charge in [0.05, 0.1) is 10.7 Å². The zero-order chi connectivity index (χ0) is 14.7. The van der Waals surface area contributed by atoms with Crippen molar-refractivity contribution < 1.29 is 4.79 Å². The topological polar surface area (TPSA) is 80.0 Å². The number of nitrogens with zero attached hydrogens (tertiary/aromatic N) is 1. The van der Waals surface area contributed by atoms with E-state index >= 15 is 0 Å². The number of amides is 1. The molecule has 8 heteroatoms. The SMILES string of the molecule is CCNc1nc(N)c(C(=O)Nc2ccc(Br)cc2Cl)s1. The number of nitrogens with one attached hydrogen (secondary N) is 2. The van der Waals surface area contributed by atoms with Crippen molar-refractivity contribution in [1.29, 1.82) is 0 Å². The number of aromatic nitrogens is 1. The van der Waals surface area contributed by atoms with Crippen LogP contribution in [0.3, 0.4) is 0 Å². The number of hydrogen-bond donors (Lipinski definition) is 3. The van der Waals surface area contributed by atoms with Crippen molar-refractivity contribution in [2.75, 3.05) is 22.9 Å². The van der Waals surface area contributed by atoms with Crippen LogP contribution in [0.2, 0.25) is 5.02 Å². The molecule has 0 radical (unpaired) electrons. The maximum absolute atomic E-state index is 12.2. The van der Waals surface area contributed by atoms with Crippen LogP contribution in [0.25, 0.3) is 0 Å². The van der Waals surface area contributed by atoms with Gasteiger partial charge in [0.25, 0.3) is 5.91 Å². The van der Waals surface area contributed by atoms with Gasteiger partial charge in [-0.05, 0) is 25.1 Å². The molecular formula is C12H12BrClN4OS. The van der Waals surface area contributed by atoms with Gasteiger partial charge in [0.1, 0.15) is 10.7 Å². The van der Waals surface area contributed by atoms with Crippen LogP contribution in [-0.4, -0.2) is 17.4 Å². The predicted octanol–water partition coefficient (Wildman–Crippen LogP) is 3.83. The summed E-state index contributed by atoms with van der Waals surface area (Å²) in [5.74, 6) is -0.120. The summed E-state index contributed by atoms with van der Waals surface area (Å²) in [6.45, 7) is 2.66. The quantitative estimate of drug-likeness (QED) is 0.759. The van der Waals surface area contributed by atoms with E-state index in [0.717, 1.165) is 4.47 Å². The van der Waals surface area contributed by atoms with Gasteiger partial charge in [0, 0.05) is 11.0 Å². The fraction of sp³-hybridized carbons (Fsp3) is 0.167. The van der Waals surface area contributed by atoms with E-state index in [0.29, 0.717) is 27.3 Å². The summed E-state index contributed by atoms with van der Waals surface area (Å²) in [4.78, 5) is 16.6. The third-order valence-corrected chi connectivity index (χ3v) is 4.20. The highest BCUT2D eigenvalue weighted by atomic mass is 79.9. The molecule has 1 amide bonds. The molecule has 0 saturated heterocycles. The molecule has 0 atom stereocenters. The van der Waals surface area contributed by atoms with Crippen LogP contribution in [0.4, 0.5) is 16.6 Å². The summed E-state index contributed by atoms with van der Waals surface area (Å²) < 4.78 is 0.840. The van der Waals surface area contributed by atoms with E-state index in [-0.39, 0.29) is 11.7 Å². The van der Waals surface area contributed by atoms with Crippen molar-refractivity contribution in [2.45, 2.75) is 6.92 Å². The Kier molecular flexibility index (Phi) is 4.85. The minimum atomic E-state index is -0.326. The molecule has 4 N–H and O–H groups in total. The van der Waals surface area contributed by atoms with Crippen LogP contribution in [-0.2, 0) is 0 Å². The third-order valence-electron chi connectivity index (χ3n) is 2.37. The van der Waals surface area contributed by atoms with Crippen LogP contribution in [0.1, 0.15) is 16.6 Å². The van der Waals surface area contributed by atoms with Gasteiger partial charge in [-0.25, -0.2) is 4.98 Å². The lowest BCUT2D eigenvalue weighted by Gasteiger charge is -2.06. The molecular weight excluding hydrogens is 364 g/mol. The first-order chi connectivity index (χ1) is 9.51. The van der Waals surface area contributed by atoms with Crippen molar-refractivity contribution in [1.82, 2.24) is 4.98 Å². The van der Waals surface area contributed by atoms with E-state index in [1.54, 1.807) is 18.2 Å². The first-order valence-corrected chi connectivity index (χ1v) is 7.76. The number of nitrogen functional groups attached to an aromatic ring is 1. The van der Waals surface area contributed by atoms with Crippen LogP contribution in [0, 0.1) is 0 Å². The molecule has 2 rings (SSSR count). The average Bonchev–Trinajstić information content (AvgIpc) is 2.74. The minimum Gasteiger partial charge on any atom is -0.382 e. The molecule has 0 aliphatic carbocycles. The van der Waals surface area contributed by atoms with E-state index in [2.05, 4.69) is 31.5 Å². The van der Waals surface area contributed by atoms with Crippen molar-refractivity contribution in [3.63, 3.8) is 0 Å². The highest BCUT2D eigenvalue weighted by molar-refractivity contribution is 9.10. The Labute approximate surface area is 133 Å². The Balaban J connectivity index is 2.19. The van der Waals surface area contributed by atoms with Gasteiger partial charge in [-0.2, -0.15) is 0 Å². The van der Waals surface area contributed by atoms with Gasteiger partial charge >= 0.3 is 0 Å². The third kappa shape index (κ3) is 3.41. The predicted molar refractivity (Wildman–Crippen MR) is 87.8 cm³/mol. The van der Waals surface area contributed by atoms with Crippen LogP contribution in [0.5, 0.6) is 0 Å². The van der Waals surface area contributed by atoms with E-state index in [1.165, 1.54) is 11.3 Å². The molecule has 0 bridgehead atoms. The summed E-state index contributed by atoms with van der Waals surface area (Å²) in [6.07, 6.45) is 0. The molecule has 1 heterocycles. The molecule has 0 spiro atoms. The molecule has 2 aromatic rings. The number of thiazole rings is 1. The van der Waals surface area contributed by atoms with E-state index < -0.39 is 0 Å². The highest BCUT2D eigenvalue weighted by Crippen LogP contribution is 2.29. The fourth-order valence-corrected chi connectivity index (χ4v) is 3.06. The molecule has 0 unspecified atom stereocenters. The Morgan fingerprint density at radius 3 is 2.95 bits per heavy atom. The minimum absolute atomic E-state index is 0.205. The Morgan fingerprint density at radius 2 is 2.30 bits per heavy atom. The van der Waals surface area contributed by atoms with E-state index in [4.69, 9.17) is 17.3 Å². The summed E-state index contributed by atoms with van der Waals surface area (Å²) in [5.41, 5.74) is 6.27. The maximum atomic E-state index is 12.2. The fourth-order valence-electron chi connectivity index (χ4n) is 1.49. The lowest BCUT2D eigenvalue weighted by molar-refractivity contribution is 0.103. The molecule has 1 aromatic heterocycles. The van der Waals surface area contributed by atoms with Gasteiger partial charge < -0.3 is 16.4 Å². The molecule has 0 fully saturated rings. The summed E-state index contributed by atoms with van der Waals surface area (Å²) in [5, 5.41) is 6.81. The lowest BCUT2D eigenvalue weighted by Crippen LogP contribution is -2.12. The number of rotatable bonds is 4. The zero-order valence-corrected chi connectivity index (χ0v) is 13.7. The van der Waals surface area contributed by atoms with Crippen molar-refractivity contribution in [3.05, 3.63) is 32.6 Å². The highest BCUT2D eigenvalue weighted by Gasteiger charge is 2.17. The van der Waals surface area contributed by atoms with Crippen LogP contribution >= 0.6 is 38.9 Å². The van der Waals surface area contributed by atoms with E-state index in [9.17, 15) is 4.79 Å². The van der Waals surface area contributed by atoms with Crippen molar-refractivity contribution >= 4 is 61.4 Å². The number of anilines is 3. The molecule has 0 aliphatic heterocycles. The Morgan fingerprint density at radius 1 is 1.55 bits per heavy atom. The molecule has 1 aromatic carbocycles. The van der Waals surface area contributed by atoms with Gasteiger partial charge in [0.15, 0.2) is 5.13 Å². The van der Waals surface area contributed by atoms with Gasteiger partial charge in [-0.3, -0.25) is 4.79 Å². The Hall–Kier alpha value is -1.31. The molecule has 5 nitrogen and oxygen atoms in total. The summed E-state index contributed by atoms with van der Waals surface area (Å²) in [7, 11) is 0. The molecule has 0 saturated carbocycles. The smallest absolute Gasteiger partial charge is 0.269 e. The van der Waals surface area contributed by atoms with Gasteiger partial charge in [0.2, 0.25) is 0 Å². The second-order valence-electron chi connectivity index (χ2n) is 3.84. The van der Waals surface area contributed by atoms with Gasteiger partial charge in [-0.15, -0.1) is 0 Å².